The number of aromatic nitrogens is 1. The highest BCUT2D eigenvalue weighted by molar-refractivity contribution is 5.39. The van der Waals surface area contributed by atoms with Gasteiger partial charge in [-0.15, -0.1) is 0 Å². The van der Waals surface area contributed by atoms with Gasteiger partial charge >= 0.3 is 0 Å². The molecule has 2 aromatic rings. The molecule has 1 heterocycles. The predicted molar refractivity (Wildman–Crippen MR) is 83.9 cm³/mol. The van der Waals surface area contributed by atoms with E-state index in [0.29, 0.717) is 13.2 Å². The lowest BCUT2D eigenvalue weighted by Gasteiger charge is -2.11. The number of benzene rings is 1. The molecule has 112 valence electrons. The Bertz CT molecular complexity index is 517. The number of hydrogen-bond acceptors (Lipinski definition) is 4. The third-order valence-electron chi connectivity index (χ3n) is 3.00. The average Bonchev–Trinajstić information content (AvgIpc) is 2.53. The molecule has 21 heavy (non-hydrogen) atoms. The summed E-state index contributed by atoms with van der Waals surface area (Å²) >= 11 is 0. The van der Waals surface area contributed by atoms with Gasteiger partial charge in [0.25, 0.3) is 0 Å². The highest BCUT2D eigenvalue weighted by Gasteiger charge is 2.02. The minimum Gasteiger partial charge on any atom is -0.490 e. The van der Waals surface area contributed by atoms with Crippen LogP contribution in [0.3, 0.4) is 0 Å². The summed E-state index contributed by atoms with van der Waals surface area (Å²) in [7, 11) is 0. The van der Waals surface area contributed by atoms with Crippen LogP contribution >= 0.6 is 0 Å². The number of nitrogens with zero attached hydrogens (tertiary/aromatic N) is 1. The van der Waals surface area contributed by atoms with Crippen molar-refractivity contribution in [2.24, 2.45) is 0 Å². The molecule has 0 aliphatic heterocycles. The highest BCUT2D eigenvalue weighted by atomic mass is 16.5. The molecule has 0 unspecified atom stereocenters. The fraction of sp³-hybridized carbons (Fsp3) is 0.353. The van der Waals surface area contributed by atoms with E-state index in [4.69, 9.17) is 9.47 Å². The van der Waals surface area contributed by atoms with Gasteiger partial charge in [0.05, 0.1) is 6.61 Å². The van der Waals surface area contributed by atoms with Gasteiger partial charge in [-0.3, -0.25) is 4.98 Å². The van der Waals surface area contributed by atoms with Crippen LogP contribution in [0.2, 0.25) is 0 Å². The number of rotatable bonds is 9. The highest BCUT2D eigenvalue weighted by Crippen LogP contribution is 2.25. The SMILES string of the molecule is CCOc1ccccc1OCCNCCc1cccnc1. The Hall–Kier alpha value is -2.07. The maximum Gasteiger partial charge on any atom is 0.161 e. The van der Waals surface area contributed by atoms with Crippen molar-refractivity contribution in [3.63, 3.8) is 0 Å². The fourth-order valence-corrected chi connectivity index (χ4v) is 1.98. The Kier molecular flexibility index (Phi) is 6.55. The summed E-state index contributed by atoms with van der Waals surface area (Å²) in [6, 6.07) is 11.8. The van der Waals surface area contributed by atoms with Crippen molar-refractivity contribution in [1.82, 2.24) is 10.3 Å². The van der Waals surface area contributed by atoms with Gasteiger partial charge in [0, 0.05) is 18.9 Å². The van der Waals surface area contributed by atoms with Crippen molar-refractivity contribution in [3.8, 4) is 11.5 Å². The van der Waals surface area contributed by atoms with Gasteiger partial charge in [0.15, 0.2) is 11.5 Å². The van der Waals surface area contributed by atoms with E-state index < -0.39 is 0 Å². The lowest BCUT2D eigenvalue weighted by atomic mass is 10.2. The van der Waals surface area contributed by atoms with Crippen LogP contribution < -0.4 is 14.8 Å². The van der Waals surface area contributed by atoms with E-state index >= 15 is 0 Å². The van der Waals surface area contributed by atoms with Crippen LogP contribution in [0.15, 0.2) is 48.8 Å². The maximum absolute atomic E-state index is 5.74. The third-order valence-corrected chi connectivity index (χ3v) is 3.00. The molecule has 0 radical (unpaired) electrons. The minimum absolute atomic E-state index is 0.622. The first-order valence-electron chi connectivity index (χ1n) is 7.34. The second-order valence-corrected chi connectivity index (χ2v) is 4.59. The summed E-state index contributed by atoms with van der Waals surface area (Å²) in [5.41, 5.74) is 1.24. The Labute approximate surface area is 126 Å². The second-order valence-electron chi connectivity index (χ2n) is 4.59. The zero-order valence-electron chi connectivity index (χ0n) is 12.4. The molecule has 0 atom stereocenters. The fourth-order valence-electron chi connectivity index (χ4n) is 1.98. The summed E-state index contributed by atoms with van der Waals surface area (Å²) < 4.78 is 11.3. The molecule has 0 aliphatic carbocycles. The molecular formula is C17H22N2O2. The van der Waals surface area contributed by atoms with Crippen LogP contribution in [-0.2, 0) is 6.42 Å². The summed E-state index contributed by atoms with van der Waals surface area (Å²) in [5.74, 6) is 1.60. The lowest BCUT2D eigenvalue weighted by Crippen LogP contribution is -2.23. The van der Waals surface area contributed by atoms with Crippen LogP contribution in [0.25, 0.3) is 0 Å². The van der Waals surface area contributed by atoms with Crippen molar-refractivity contribution in [2.75, 3.05) is 26.3 Å². The molecule has 1 aromatic heterocycles. The Morgan fingerprint density at radius 3 is 2.52 bits per heavy atom. The molecule has 0 saturated heterocycles. The normalized spacial score (nSPS) is 10.3. The topological polar surface area (TPSA) is 43.4 Å². The molecular weight excluding hydrogens is 264 g/mol. The Balaban J connectivity index is 1.64. The van der Waals surface area contributed by atoms with Gasteiger partial charge in [-0.2, -0.15) is 0 Å². The first-order valence-corrected chi connectivity index (χ1v) is 7.34. The van der Waals surface area contributed by atoms with Crippen LogP contribution in [0.4, 0.5) is 0 Å². The van der Waals surface area contributed by atoms with Gasteiger partial charge in [0.2, 0.25) is 0 Å². The summed E-state index contributed by atoms with van der Waals surface area (Å²) in [5, 5.41) is 3.36. The van der Waals surface area contributed by atoms with Gasteiger partial charge in [-0.05, 0) is 43.7 Å². The number of nitrogens with one attached hydrogen (secondary N) is 1. The third kappa shape index (κ3) is 5.44. The Morgan fingerprint density at radius 1 is 1.00 bits per heavy atom. The van der Waals surface area contributed by atoms with Crippen molar-refractivity contribution in [2.45, 2.75) is 13.3 Å². The zero-order chi connectivity index (χ0) is 14.8. The summed E-state index contributed by atoms with van der Waals surface area (Å²) in [6.07, 6.45) is 4.67. The second kappa shape index (κ2) is 8.97. The van der Waals surface area contributed by atoms with E-state index in [2.05, 4.69) is 16.4 Å². The molecule has 1 N–H and O–H groups in total. The quantitative estimate of drug-likeness (QED) is 0.720. The van der Waals surface area contributed by atoms with E-state index in [-0.39, 0.29) is 0 Å². The van der Waals surface area contributed by atoms with Crippen molar-refractivity contribution < 1.29 is 9.47 Å². The van der Waals surface area contributed by atoms with E-state index in [1.165, 1.54) is 5.56 Å². The number of ether oxygens (including phenoxy) is 2. The van der Waals surface area contributed by atoms with Gasteiger partial charge < -0.3 is 14.8 Å². The van der Waals surface area contributed by atoms with Crippen LogP contribution in [0.1, 0.15) is 12.5 Å². The van der Waals surface area contributed by atoms with Crippen LogP contribution in [-0.4, -0.2) is 31.3 Å². The molecule has 0 bridgehead atoms. The number of pyridine rings is 1. The van der Waals surface area contributed by atoms with Gasteiger partial charge in [0.1, 0.15) is 6.61 Å². The molecule has 4 heteroatoms. The average molecular weight is 286 g/mol. The number of hydrogen-bond donors (Lipinski definition) is 1. The van der Waals surface area contributed by atoms with E-state index in [1.807, 2.05) is 43.5 Å². The maximum atomic E-state index is 5.74. The zero-order valence-corrected chi connectivity index (χ0v) is 12.4. The standard InChI is InChI=1S/C17H22N2O2/c1-2-20-16-7-3-4-8-17(16)21-13-12-18-11-9-15-6-5-10-19-14-15/h3-8,10,14,18H,2,9,11-13H2,1H3. The van der Waals surface area contributed by atoms with E-state index in [9.17, 15) is 0 Å². The molecule has 0 aliphatic rings. The summed E-state index contributed by atoms with van der Waals surface area (Å²) in [6.45, 7) is 4.96. The van der Waals surface area contributed by atoms with E-state index in [1.54, 1.807) is 6.20 Å². The lowest BCUT2D eigenvalue weighted by molar-refractivity contribution is 0.276. The first kappa shape index (κ1) is 15.3. The molecule has 0 amide bonds. The summed E-state index contributed by atoms with van der Waals surface area (Å²) in [4.78, 5) is 4.10. The van der Waals surface area contributed by atoms with Gasteiger partial charge in [-0.25, -0.2) is 0 Å². The molecule has 2 rings (SSSR count). The molecule has 0 saturated carbocycles. The number of para-hydroxylation sites is 2. The smallest absolute Gasteiger partial charge is 0.161 e. The molecule has 4 nitrogen and oxygen atoms in total. The van der Waals surface area contributed by atoms with Crippen LogP contribution in [0.5, 0.6) is 11.5 Å². The largest absolute Gasteiger partial charge is 0.490 e. The van der Waals surface area contributed by atoms with Crippen molar-refractivity contribution >= 4 is 0 Å². The molecule has 1 aromatic carbocycles. The van der Waals surface area contributed by atoms with Crippen molar-refractivity contribution in [1.29, 1.82) is 0 Å². The molecule has 0 spiro atoms. The monoisotopic (exact) mass is 286 g/mol. The predicted octanol–water partition coefficient (Wildman–Crippen LogP) is 2.69. The Morgan fingerprint density at radius 2 is 1.81 bits per heavy atom. The van der Waals surface area contributed by atoms with Crippen molar-refractivity contribution in [3.05, 3.63) is 54.4 Å². The van der Waals surface area contributed by atoms with Gasteiger partial charge in [-0.1, -0.05) is 18.2 Å². The first-order chi connectivity index (χ1) is 10.4. The van der Waals surface area contributed by atoms with Crippen LogP contribution in [0, 0.1) is 0 Å². The molecule has 0 fully saturated rings. The minimum atomic E-state index is 0.622. The van der Waals surface area contributed by atoms with E-state index in [0.717, 1.165) is 31.0 Å².